The molecule has 0 aliphatic heterocycles. The predicted molar refractivity (Wildman–Crippen MR) is 82.2 cm³/mol. The van der Waals surface area contributed by atoms with Crippen molar-refractivity contribution in [2.45, 2.75) is 20.4 Å². The van der Waals surface area contributed by atoms with Gasteiger partial charge in [0, 0.05) is 12.2 Å². The van der Waals surface area contributed by atoms with Crippen molar-refractivity contribution in [1.82, 2.24) is 9.97 Å². The zero-order valence-electron chi connectivity index (χ0n) is 11.6. The summed E-state index contributed by atoms with van der Waals surface area (Å²) in [6.45, 7) is 5.00. The van der Waals surface area contributed by atoms with E-state index in [0.717, 1.165) is 23.3 Å². The summed E-state index contributed by atoms with van der Waals surface area (Å²) in [6, 6.07) is 12.3. The molecule has 3 aromatic rings. The molecule has 0 bridgehead atoms. The third-order valence-corrected chi connectivity index (χ3v) is 3.58. The van der Waals surface area contributed by atoms with Crippen LogP contribution in [0, 0.1) is 13.8 Å². The lowest BCUT2D eigenvalue weighted by Crippen LogP contribution is -2.00. The molecule has 0 saturated heterocycles. The van der Waals surface area contributed by atoms with Crippen LogP contribution >= 0.6 is 0 Å². The minimum Gasteiger partial charge on any atom is -0.381 e. The van der Waals surface area contributed by atoms with Crippen molar-refractivity contribution in [1.29, 1.82) is 0 Å². The summed E-state index contributed by atoms with van der Waals surface area (Å²) in [4.78, 5) is 16.7. The summed E-state index contributed by atoms with van der Waals surface area (Å²) in [5.74, 6) is 0. The largest absolute Gasteiger partial charge is 0.381 e. The zero-order valence-corrected chi connectivity index (χ0v) is 11.6. The lowest BCUT2D eigenvalue weighted by Gasteiger charge is -2.08. The summed E-state index contributed by atoms with van der Waals surface area (Å²) >= 11 is 0. The van der Waals surface area contributed by atoms with Gasteiger partial charge in [-0.25, -0.2) is 4.79 Å². The maximum Gasteiger partial charge on any atom is 0.323 e. The van der Waals surface area contributed by atoms with Crippen LogP contribution in [-0.4, -0.2) is 9.97 Å². The maximum atomic E-state index is 11.2. The summed E-state index contributed by atoms with van der Waals surface area (Å²) in [7, 11) is 0. The molecule has 20 heavy (non-hydrogen) atoms. The van der Waals surface area contributed by atoms with Crippen molar-refractivity contribution in [2.24, 2.45) is 0 Å². The van der Waals surface area contributed by atoms with E-state index in [1.54, 1.807) is 0 Å². The standard InChI is InChI=1S/C16H17N3O/c1-10-3-4-12(7-11(10)2)9-17-13-5-6-14-15(8-13)19-16(20)18-14/h3-8,17H,9H2,1-2H3,(H2,18,19,20). The number of anilines is 1. The van der Waals surface area contributed by atoms with Crippen LogP contribution in [0.2, 0.25) is 0 Å². The van der Waals surface area contributed by atoms with E-state index in [1.807, 2.05) is 18.2 Å². The van der Waals surface area contributed by atoms with Crippen molar-refractivity contribution in [3.8, 4) is 0 Å². The van der Waals surface area contributed by atoms with Gasteiger partial charge in [-0.05, 0) is 48.7 Å². The average molecular weight is 267 g/mol. The van der Waals surface area contributed by atoms with E-state index in [1.165, 1.54) is 16.7 Å². The molecule has 0 aliphatic carbocycles. The SMILES string of the molecule is Cc1ccc(CNc2ccc3[nH]c(=O)[nH]c3c2)cc1C. The molecule has 2 aromatic carbocycles. The Labute approximate surface area is 116 Å². The number of H-pyrrole nitrogens is 2. The fourth-order valence-electron chi connectivity index (χ4n) is 2.26. The number of hydrogen-bond donors (Lipinski definition) is 3. The highest BCUT2D eigenvalue weighted by molar-refractivity contribution is 5.78. The van der Waals surface area contributed by atoms with Crippen molar-refractivity contribution in [2.75, 3.05) is 5.32 Å². The minimum absolute atomic E-state index is 0.175. The Bertz CT molecular complexity index is 814. The Morgan fingerprint density at radius 2 is 1.75 bits per heavy atom. The molecule has 0 amide bonds. The first-order valence-electron chi connectivity index (χ1n) is 6.64. The Balaban J connectivity index is 1.78. The predicted octanol–water partition coefficient (Wildman–Crippen LogP) is 3.09. The fourth-order valence-corrected chi connectivity index (χ4v) is 2.26. The van der Waals surface area contributed by atoms with Crippen LogP contribution < -0.4 is 11.0 Å². The van der Waals surface area contributed by atoms with Crippen LogP contribution in [0.5, 0.6) is 0 Å². The Morgan fingerprint density at radius 3 is 2.55 bits per heavy atom. The number of aryl methyl sites for hydroxylation is 2. The molecule has 0 unspecified atom stereocenters. The Hall–Kier alpha value is -2.49. The second-order valence-electron chi connectivity index (χ2n) is 5.11. The smallest absolute Gasteiger partial charge is 0.323 e. The highest BCUT2D eigenvalue weighted by Gasteiger charge is 2.01. The second-order valence-corrected chi connectivity index (χ2v) is 5.11. The highest BCUT2D eigenvalue weighted by Crippen LogP contribution is 2.16. The lowest BCUT2D eigenvalue weighted by molar-refractivity contribution is 1.13. The van der Waals surface area contributed by atoms with Crippen molar-refractivity contribution in [3.63, 3.8) is 0 Å². The molecule has 4 nitrogen and oxygen atoms in total. The Kier molecular flexibility index (Phi) is 3.06. The molecular formula is C16H17N3O. The number of rotatable bonds is 3. The molecule has 0 fully saturated rings. The van der Waals surface area contributed by atoms with Crippen LogP contribution in [0.4, 0.5) is 5.69 Å². The fraction of sp³-hybridized carbons (Fsp3) is 0.188. The van der Waals surface area contributed by atoms with Crippen LogP contribution in [0.3, 0.4) is 0 Å². The number of imidazole rings is 1. The first-order valence-corrected chi connectivity index (χ1v) is 6.64. The van der Waals surface area contributed by atoms with Gasteiger partial charge in [-0.2, -0.15) is 0 Å². The third kappa shape index (κ3) is 2.45. The van der Waals surface area contributed by atoms with Crippen molar-refractivity contribution >= 4 is 16.7 Å². The lowest BCUT2D eigenvalue weighted by atomic mass is 10.1. The molecule has 0 aliphatic rings. The van der Waals surface area contributed by atoms with E-state index in [9.17, 15) is 4.79 Å². The topological polar surface area (TPSA) is 60.7 Å². The molecule has 1 aromatic heterocycles. The summed E-state index contributed by atoms with van der Waals surface area (Å²) in [5.41, 5.74) is 6.31. The van der Waals surface area contributed by atoms with Crippen LogP contribution in [-0.2, 0) is 6.54 Å². The first-order chi connectivity index (χ1) is 9.61. The van der Waals surface area contributed by atoms with Crippen LogP contribution in [0.25, 0.3) is 11.0 Å². The van der Waals surface area contributed by atoms with E-state index in [0.29, 0.717) is 0 Å². The molecule has 3 rings (SSSR count). The Morgan fingerprint density at radius 1 is 0.950 bits per heavy atom. The van der Waals surface area contributed by atoms with Gasteiger partial charge in [0.15, 0.2) is 0 Å². The highest BCUT2D eigenvalue weighted by atomic mass is 16.1. The van der Waals surface area contributed by atoms with Gasteiger partial charge in [0.2, 0.25) is 0 Å². The van der Waals surface area contributed by atoms with Gasteiger partial charge in [0.1, 0.15) is 0 Å². The number of benzene rings is 2. The normalized spacial score (nSPS) is 10.9. The van der Waals surface area contributed by atoms with Gasteiger partial charge in [-0.15, -0.1) is 0 Å². The van der Waals surface area contributed by atoms with Gasteiger partial charge in [-0.3, -0.25) is 0 Å². The number of aromatic amines is 2. The number of fused-ring (bicyclic) bond motifs is 1. The van der Waals surface area contributed by atoms with Gasteiger partial charge in [-0.1, -0.05) is 18.2 Å². The first kappa shape index (κ1) is 12.5. The number of aromatic nitrogens is 2. The summed E-state index contributed by atoms with van der Waals surface area (Å²) in [5, 5.41) is 3.37. The van der Waals surface area contributed by atoms with E-state index < -0.39 is 0 Å². The van der Waals surface area contributed by atoms with Crippen LogP contribution in [0.15, 0.2) is 41.2 Å². The maximum absolute atomic E-state index is 11.2. The van der Waals surface area contributed by atoms with E-state index in [2.05, 4.69) is 47.3 Å². The summed E-state index contributed by atoms with van der Waals surface area (Å²) in [6.07, 6.45) is 0. The molecule has 0 atom stereocenters. The second kappa shape index (κ2) is 4.89. The summed E-state index contributed by atoms with van der Waals surface area (Å²) < 4.78 is 0. The van der Waals surface area contributed by atoms with E-state index in [-0.39, 0.29) is 5.69 Å². The quantitative estimate of drug-likeness (QED) is 0.683. The van der Waals surface area contributed by atoms with Crippen LogP contribution in [0.1, 0.15) is 16.7 Å². The average Bonchev–Trinajstić information content (AvgIpc) is 2.79. The molecule has 0 saturated carbocycles. The van der Waals surface area contributed by atoms with Gasteiger partial charge < -0.3 is 15.3 Å². The number of hydrogen-bond acceptors (Lipinski definition) is 2. The monoisotopic (exact) mass is 267 g/mol. The zero-order chi connectivity index (χ0) is 14.1. The molecule has 3 N–H and O–H groups in total. The third-order valence-electron chi connectivity index (χ3n) is 3.58. The molecule has 0 spiro atoms. The van der Waals surface area contributed by atoms with Gasteiger partial charge in [0.25, 0.3) is 0 Å². The minimum atomic E-state index is -0.175. The number of nitrogens with one attached hydrogen (secondary N) is 3. The van der Waals surface area contributed by atoms with E-state index >= 15 is 0 Å². The molecular weight excluding hydrogens is 250 g/mol. The van der Waals surface area contributed by atoms with E-state index in [4.69, 9.17) is 0 Å². The molecule has 0 radical (unpaired) electrons. The van der Waals surface area contributed by atoms with Gasteiger partial charge >= 0.3 is 5.69 Å². The molecule has 4 heteroatoms. The van der Waals surface area contributed by atoms with Gasteiger partial charge in [0.05, 0.1) is 11.0 Å². The molecule has 102 valence electrons. The van der Waals surface area contributed by atoms with Crippen molar-refractivity contribution < 1.29 is 0 Å². The van der Waals surface area contributed by atoms with Crippen molar-refractivity contribution in [3.05, 3.63) is 63.6 Å². The molecule has 1 heterocycles.